The van der Waals surface area contributed by atoms with Gasteiger partial charge in [0.15, 0.2) is 0 Å². The molecule has 1 aliphatic carbocycles. The second kappa shape index (κ2) is 15.4. The van der Waals surface area contributed by atoms with Crippen LogP contribution in [0.3, 0.4) is 0 Å². The van der Waals surface area contributed by atoms with E-state index in [0.717, 1.165) is 85.9 Å². The van der Waals surface area contributed by atoms with Gasteiger partial charge < -0.3 is 24.8 Å². The number of pyridine rings is 1. The summed E-state index contributed by atoms with van der Waals surface area (Å²) in [4.78, 5) is 36.8. The minimum atomic E-state index is -0.159. The zero-order valence-corrected chi connectivity index (χ0v) is 28.7. The standard InChI is InChI=1S/C38H53N5O3/c1-7-43(33-10-8-9-32(15-16-33)41(5)6)36-23-31(30-13-11-29(12-14-30)25-42-17-19-46-20-18-42)22-34(28(36)4)37(44)39-24-35-26(2)21-27(3)40-38(35)45/h11-14,21-23,32-33H,7-10,15-20,24-25H2,1-6H3,(H,39,44)(H,40,45)/t32-,33-/m0/s1. The minimum absolute atomic E-state index is 0.150. The van der Waals surface area contributed by atoms with E-state index in [1.165, 1.54) is 24.8 Å². The van der Waals surface area contributed by atoms with E-state index in [-0.39, 0.29) is 18.0 Å². The van der Waals surface area contributed by atoms with Gasteiger partial charge in [0.25, 0.3) is 11.5 Å². The van der Waals surface area contributed by atoms with Crippen molar-refractivity contribution in [2.45, 2.75) is 85.0 Å². The number of H-pyrrole nitrogens is 1. The molecule has 1 aromatic heterocycles. The third kappa shape index (κ3) is 8.08. The Morgan fingerprint density at radius 1 is 0.957 bits per heavy atom. The molecule has 46 heavy (non-hydrogen) atoms. The van der Waals surface area contributed by atoms with Crippen molar-refractivity contribution in [1.29, 1.82) is 0 Å². The summed E-state index contributed by atoms with van der Waals surface area (Å²) >= 11 is 0. The van der Waals surface area contributed by atoms with E-state index in [4.69, 9.17) is 4.74 Å². The van der Waals surface area contributed by atoms with Crippen LogP contribution in [0.25, 0.3) is 11.1 Å². The van der Waals surface area contributed by atoms with E-state index in [9.17, 15) is 9.59 Å². The number of benzene rings is 2. The van der Waals surface area contributed by atoms with Gasteiger partial charge in [0.1, 0.15) is 0 Å². The Hall–Kier alpha value is -3.46. The van der Waals surface area contributed by atoms with Crippen LogP contribution in [-0.2, 0) is 17.8 Å². The largest absolute Gasteiger partial charge is 0.379 e. The smallest absolute Gasteiger partial charge is 0.253 e. The third-order valence-corrected chi connectivity index (χ3v) is 10.1. The van der Waals surface area contributed by atoms with E-state index < -0.39 is 0 Å². The molecule has 248 valence electrons. The highest BCUT2D eigenvalue weighted by Gasteiger charge is 2.27. The number of carbonyl (C=O) groups is 1. The average Bonchev–Trinajstić information content (AvgIpc) is 3.29. The maximum Gasteiger partial charge on any atom is 0.253 e. The number of aromatic amines is 1. The summed E-state index contributed by atoms with van der Waals surface area (Å²) in [5.74, 6) is -0.159. The first-order chi connectivity index (χ1) is 22.1. The first-order valence-corrected chi connectivity index (χ1v) is 17.1. The molecule has 0 unspecified atom stereocenters. The van der Waals surface area contributed by atoms with Gasteiger partial charge in [0.05, 0.1) is 13.2 Å². The van der Waals surface area contributed by atoms with Crippen molar-refractivity contribution in [3.05, 3.63) is 86.3 Å². The van der Waals surface area contributed by atoms with Crippen molar-refractivity contribution in [3.63, 3.8) is 0 Å². The molecule has 0 radical (unpaired) electrons. The summed E-state index contributed by atoms with van der Waals surface area (Å²) in [7, 11) is 4.39. The van der Waals surface area contributed by atoms with Gasteiger partial charge >= 0.3 is 0 Å². The molecule has 2 fully saturated rings. The second-order valence-electron chi connectivity index (χ2n) is 13.4. The molecule has 2 heterocycles. The zero-order chi connectivity index (χ0) is 32.8. The summed E-state index contributed by atoms with van der Waals surface area (Å²) in [6.07, 6.45) is 5.88. The van der Waals surface area contributed by atoms with Crippen molar-refractivity contribution in [2.24, 2.45) is 0 Å². The van der Waals surface area contributed by atoms with E-state index in [1.54, 1.807) is 0 Å². The minimum Gasteiger partial charge on any atom is -0.379 e. The first kappa shape index (κ1) is 33.9. The fraction of sp³-hybridized carbons (Fsp3) is 0.526. The monoisotopic (exact) mass is 627 g/mol. The lowest BCUT2D eigenvalue weighted by Crippen LogP contribution is -2.36. The lowest BCUT2D eigenvalue weighted by Gasteiger charge is -2.35. The topological polar surface area (TPSA) is 80.9 Å². The fourth-order valence-corrected chi connectivity index (χ4v) is 7.30. The Morgan fingerprint density at radius 3 is 2.33 bits per heavy atom. The highest BCUT2D eigenvalue weighted by molar-refractivity contribution is 5.99. The molecule has 2 N–H and O–H groups in total. The van der Waals surface area contributed by atoms with E-state index in [2.05, 4.69) is 83.3 Å². The Balaban J connectivity index is 1.47. The van der Waals surface area contributed by atoms with Gasteiger partial charge in [0.2, 0.25) is 0 Å². The molecule has 0 bridgehead atoms. The van der Waals surface area contributed by atoms with E-state index in [0.29, 0.717) is 23.2 Å². The summed E-state index contributed by atoms with van der Waals surface area (Å²) < 4.78 is 5.52. The van der Waals surface area contributed by atoms with Crippen LogP contribution in [0.15, 0.2) is 47.3 Å². The zero-order valence-electron chi connectivity index (χ0n) is 28.7. The fourth-order valence-electron chi connectivity index (χ4n) is 7.30. The van der Waals surface area contributed by atoms with Gasteiger partial charge in [-0.05, 0) is 120 Å². The highest BCUT2D eigenvalue weighted by atomic mass is 16.5. The molecule has 1 saturated heterocycles. The number of anilines is 1. The maximum absolute atomic E-state index is 13.9. The van der Waals surface area contributed by atoms with Crippen LogP contribution in [0.4, 0.5) is 5.69 Å². The summed E-state index contributed by atoms with van der Waals surface area (Å²) in [5, 5.41) is 3.08. The van der Waals surface area contributed by atoms with Crippen LogP contribution in [0.5, 0.6) is 0 Å². The molecule has 2 aliphatic rings. The number of rotatable bonds is 10. The lowest BCUT2D eigenvalue weighted by atomic mass is 9.94. The quantitative estimate of drug-likeness (QED) is 0.276. The number of nitrogens with one attached hydrogen (secondary N) is 2. The SMILES string of the molecule is CCN(c1cc(-c2ccc(CN3CCOCC3)cc2)cc(C(=O)NCc2c(C)cc(C)[nH]c2=O)c1C)[C@H]1CCC[C@H](N(C)C)CC1. The Labute approximate surface area is 275 Å². The molecule has 0 spiro atoms. The maximum atomic E-state index is 13.9. The summed E-state index contributed by atoms with van der Waals surface area (Å²) in [6.45, 7) is 13.6. The average molecular weight is 628 g/mol. The normalized spacial score (nSPS) is 19.2. The third-order valence-electron chi connectivity index (χ3n) is 10.1. The number of hydrogen-bond acceptors (Lipinski definition) is 6. The van der Waals surface area contributed by atoms with Gasteiger partial charge in [-0.2, -0.15) is 0 Å². The highest BCUT2D eigenvalue weighted by Crippen LogP contribution is 2.35. The molecule has 8 heteroatoms. The number of aryl methyl sites for hydroxylation is 2. The van der Waals surface area contributed by atoms with Crippen LogP contribution >= 0.6 is 0 Å². The Kier molecular flexibility index (Phi) is 11.4. The van der Waals surface area contributed by atoms with Crippen molar-refractivity contribution < 1.29 is 9.53 Å². The van der Waals surface area contributed by atoms with Crippen LogP contribution in [0, 0.1) is 20.8 Å². The Morgan fingerprint density at radius 2 is 1.65 bits per heavy atom. The molecule has 3 aromatic rings. The number of ether oxygens (including phenoxy) is 1. The molecule has 1 saturated carbocycles. The van der Waals surface area contributed by atoms with Crippen molar-refractivity contribution in [3.8, 4) is 11.1 Å². The van der Waals surface area contributed by atoms with Gasteiger partial charge in [0, 0.05) is 67.3 Å². The van der Waals surface area contributed by atoms with Gasteiger partial charge in [-0.15, -0.1) is 0 Å². The van der Waals surface area contributed by atoms with Gasteiger partial charge in [-0.25, -0.2) is 0 Å². The molecular weight excluding hydrogens is 574 g/mol. The van der Waals surface area contributed by atoms with Gasteiger partial charge in [-0.3, -0.25) is 14.5 Å². The number of hydrogen-bond donors (Lipinski definition) is 2. The number of nitrogens with zero attached hydrogens (tertiary/aromatic N) is 3. The predicted molar refractivity (Wildman–Crippen MR) is 188 cm³/mol. The van der Waals surface area contributed by atoms with Crippen molar-refractivity contribution in [2.75, 3.05) is 51.8 Å². The van der Waals surface area contributed by atoms with E-state index in [1.807, 2.05) is 26.0 Å². The molecule has 2 aromatic carbocycles. The number of aromatic nitrogens is 1. The first-order valence-electron chi connectivity index (χ1n) is 17.1. The molecular formula is C38H53N5O3. The van der Waals surface area contributed by atoms with Crippen LogP contribution in [0.1, 0.15) is 77.3 Å². The van der Waals surface area contributed by atoms with Gasteiger partial charge in [-0.1, -0.05) is 24.3 Å². The molecule has 5 rings (SSSR count). The summed E-state index contributed by atoms with van der Waals surface area (Å²) in [5.41, 5.74) is 8.31. The van der Waals surface area contributed by atoms with Crippen molar-refractivity contribution >= 4 is 11.6 Å². The second-order valence-corrected chi connectivity index (χ2v) is 13.4. The van der Waals surface area contributed by atoms with E-state index >= 15 is 0 Å². The van der Waals surface area contributed by atoms with Crippen LogP contribution in [0.2, 0.25) is 0 Å². The number of amides is 1. The summed E-state index contributed by atoms with van der Waals surface area (Å²) in [6, 6.07) is 16.1. The predicted octanol–water partition coefficient (Wildman–Crippen LogP) is 5.82. The number of morpholine rings is 1. The lowest BCUT2D eigenvalue weighted by molar-refractivity contribution is 0.0342. The molecule has 1 aliphatic heterocycles. The van der Waals surface area contributed by atoms with Crippen molar-refractivity contribution in [1.82, 2.24) is 20.1 Å². The number of carbonyl (C=O) groups excluding carboxylic acids is 1. The van der Waals surface area contributed by atoms with Crippen LogP contribution < -0.4 is 15.8 Å². The molecule has 1 amide bonds. The molecule has 8 nitrogen and oxygen atoms in total. The van der Waals surface area contributed by atoms with Crippen LogP contribution in [-0.4, -0.2) is 79.7 Å². The Bertz CT molecular complexity index is 1540. The molecule has 2 atom stereocenters.